The Bertz CT molecular complexity index is 415. The highest BCUT2D eigenvalue weighted by Crippen LogP contribution is 2.18. The predicted octanol–water partition coefficient (Wildman–Crippen LogP) is 5.30. The highest BCUT2D eigenvalue weighted by molar-refractivity contribution is 4.87. The fraction of sp³-hybridized carbons (Fsp3) is 0.923. The van der Waals surface area contributed by atoms with Gasteiger partial charge >= 0.3 is 0 Å². The highest BCUT2D eigenvalue weighted by Gasteiger charge is 2.39. The number of hydrogen-bond donors (Lipinski definition) is 3. The first-order chi connectivity index (χ1) is 15.2. The topological polar surface area (TPSA) is 79.2 Å². The third kappa shape index (κ3) is 15.1. The quantitative estimate of drug-likeness (QED) is 0.166. The van der Waals surface area contributed by atoms with Gasteiger partial charge in [-0.1, -0.05) is 89.7 Å². The number of unbranched alkanes of at least 4 members (excludes halogenated alkanes) is 14. The average molecular weight is 443 g/mol. The molecule has 184 valence electrons. The lowest BCUT2D eigenvalue weighted by Crippen LogP contribution is -2.40. The summed E-state index contributed by atoms with van der Waals surface area (Å²) in [6.07, 6.45) is 22.0. The predicted molar refractivity (Wildman–Crippen MR) is 127 cm³/mol. The van der Waals surface area contributed by atoms with Gasteiger partial charge < -0.3 is 24.8 Å². The van der Waals surface area contributed by atoms with E-state index in [4.69, 9.17) is 9.47 Å². The lowest BCUT2D eigenvalue weighted by atomic mass is 10.1. The maximum absolute atomic E-state index is 9.96. The van der Waals surface area contributed by atoms with E-state index in [1.807, 2.05) is 0 Å². The number of allylic oxidation sites excluding steroid dienone is 2. The van der Waals surface area contributed by atoms with Crippen molar-refractivity contribution in [1.29, 1.82) is 0 Å². The third-order valence-corrected chi connectivity index (χ3v) is 6.16. The molecule has 0 amide bonds. The molecule has 1 fully saturated rings. The van der Waals surface area contributed by atoms with Crippen molar-refractivity contribution in [2.24, 2.45) is 0 Å². The minimum absolute atomic E-state index is 0.0661. The largest absolute Gasteiger partial charge is 0.388 e. The lowest BCUT2D eigenvalue weighted by molar-refractivity contribution is -0.0813. The minimum atomic E-state index is -1.03. The van der Waals surface area contributed by atoms with E-state index in [-0.39, 0.29) is 13.2 Å². The van der Waals surface area contributed by atoms with E-state index in [0.29, 0.717) is 6.61 Å². The van der Waals surface area contributed by atoms with Gasteiger partial charge in [-0.2, -0.15) is 0 Å². The van der Waals surface area contributed by atoms with E-state index in [1.54, 1.807) is 0 Å². The molecule has 1 rings (SSSR count). The van der Waals surface area contributed by atoms with Gasteiger partial charge in [0.2, 0.25) is 0 Å². The van der Waals surface area contributed by atoms with E-state index in [9.17, 15) is 15.3 Å². The van der Waals surface area contributed by atoms with Crippen LogP contribution < -0.4 is 0 Å². The Morgan fingerprint density at radius 1 is 0.806 bits per heavy atom. The van der Waals surface area contributed by atoms with Gasteiger partial charge in [-0.05, 0) is 32.1 Å². The SMILES string of the molecule is CCCCCCCCCCCC/C=C/CCCCCCOC[C@H](O)[C@H]1OC[C@@H](O)[C@H]1O. The molecule has 5 nitrogen and oxygen atoms in total. The monoisotopic (exact) mass is 442 g/mol. The summed E-state index contributed by atoms with van der Waals surface area (Å²) in [5.74, 6) is 0. The van der Waals surface area contributed by atoms with E-state index in [1.165, 1.54) is 83.5 Å². The van der Waals surface area contributed by atoms with Crippen molar-refractivity contribution in [1.82, 2.24) is 0 Å². The van der Waals surface area contributed by atoms with Crippen LogP contribution in [-0.4, -0.2) is 59.6 Å². The summed E-state index contributed by atoms with van der Waals surface area (Å²) in [4.78, 5) is 0. The van der Waals surface area contributed by atoms with Crippen molar-refractivity contribution in [3.8, 4) is 0 Å². The summed E-state index contributed by atoms with van der Waals surface area (Å²) in [5, 5.41) is 29.1. The number of aliphatic hydroxyl groups is 3. The second-order valence-electron chi connectivity index (χ2n) is 9.14. The van der Waals surface area contributed by atoms with Crippen molar-refractivity contribution in [2.45, 2.75) is 134 Å². The molecule has 0 aromatic heterocycles. The molecule has 1 heterocycles. The van der Waals surface area contributed by atoms with Crippen LogP contribution in [0.5, 0.6) is 0 Å². The molecule has 0 aromatic rings. The Morgan fingerprint density at radius 2 is 1.32 bits per heavy atom. The first-order valence-electron chi connectivity index (χ1n) is 13.0. The van der Waals surface area contributed by atoms with Gasteiger partial charge in [-0.25, -0.2) is 0 Å². The van der Waals surface area contributed by atoms with Gasteiger partial charge in [0, 0.05) is 6.61 Å². The van der Waals surface area contributed by atoms with Gasteiger partial charge in [0.05, 0.1) is 13.2 Å². The smallest absolute Gasteiger partial charge is 0.114 e. The Labute approximate surface area is 191 Å². The Kier molecular flexibility index (Phi) is 18.6. The van der Waals surface area contributed by atoms with Crippen LogP contribution in [0.4, 0.5) is 0 Å². The van der Waals surface area contributed by atoms with Gasteiger partial charge in [0.25, 0.3) is 0 Å². The van der Waals surface area contributed by atoms with E-state index >= 15 is 0 Å². The normalized spacial score (nSPS) is 22.5. The first kappa shape index (κ1) is 28.6. The van der Waals surface area contributed by atoms with Crippen LogP contribution in [-0.2, 0) is 9.47 Å². The molecule has 3 N–H and O–H groups in total. The fourth-order valence-electron chi connectivity index (χ4n) is 4.07. The van der Waals surface area contributed by atoms with Crippen LogP contribution in [0.3, 0.4) is 0 Å². The molecule has 0 aromatic carbocycles. The molecule has 1 aliphatic heterocycles. The number of hydrogen-bond acceptors (Lipinski definition) is 5. The van der Waals surface area contributed by atoms with Crippen LogP contribution in [0, 0.1) is 0 Å². The number of aliphatic hydroxyl groups excluding tert-OH is 3. The van der Waals surface area contributed by atoms with Crippen LogP contribution >= 0.6 is 0 Å². The molecule has 4 atom stereocenters. The minimum Gasteiger partial charge on any atom is -0.388 e. The summed E-state index contributed by atoms with van der Waals surface area (Å²) in [6, 6.07) is 0. The van der Waals surface area contributed by atoms with Crippen molar-refractivity contribution in [2.75, 3.05) is 19.8 Å². The van der Waals surface area contributed by atoms with Crippen LogP contribution in [0.15, 0.2) is 12.2 Å². The molecule has 1 saturated heterocycles. The zero-order valence-electron chi connectivity index (χ0n) is 20.1. The van der Waals surface area contributed by atoms with Crippen molar-refractivity contribution < 1.29 is 24.8 Å². The fourth-order valence-corrected chi connectivity index (χ4v) is 4.07. The molecular formula is C26H50O5. The van der Waals surface area contributed by atoms with Crippen molar-refractivity contribution in [3.63, 3.8) is 0 Å². The van der Waals surface area contributed by atoms with Gasteiger partial charge in [-0.3, -0.25) is 0 Å². The van der Waals surface area contributed by atoms with Gasteiger partial charge in [0.1, 0.15) is 24.4 Å². The summed E-state index contributed by atoms with van der Waals surface area (Å²) in [6.45, 7) is 3.08. The molecule has 0 spiro atoms. The summed E-state index contributed by atoms with van der Waals surface area (Å²) in [5.41, 5.74) is 0. The summed E-state index contributed by atoms with van der Waals surface area (Å²) < 4.78 is 10.7. The standard InChI is InChI=1S/C26H50O5/c1-2-3-4-5-6-7-8-9-10-11-12-13-14-15-16-17-18-19-20-30-21-24(28)26-25(29)23(27)22-31-26/h13-14,23-29H,2-12,15-22H2,1H3/b14-13+/t23-,24+,25-,26-/m1/s1. The summed E-state index contributed by atoms with van der Waals surface area (Å²) in [7, 11) is 0. The Morgan fingerprint density at radius 3 is 1.84 bits per heavy atom. The van der Waals surface area contributed by atoms with E-state index in [2.05, 4.69) is 19.1 Å². The summed E-state index contributed by atoms with van der Waals surface area (Å²) >= 11 is 0. The molecule has 1 aliphatic rings. The number of ether oxygens (including phenoxy) is 2. The molecular weight excluding hydrogens is 392 g/mol. The van der Waals surface area contributed by atoms with Crippen LogP contribution in [0.2, 0.25) is 0 Å². The molecule has 0 radical (unpaired) electrons. The second kappa shape index (κ2) is 20.2. The molecule has 0 unspecified atom stereocenters. The maximum Gasteiger partial charge on any atom is 0.114 e. The van der Waals surface area contributed by atoms with Crippen molar-refractivity contribution >= 4 is 0 Å². The molecule has 31 heavy (non-hydrogen) atoms. The van der Waals surface area contributed by atoms with Crippen LogP contribution in [0.25, 0.3) is 0 Å². The van der Waals surface area contributed by atoms with E-state index in [0.717, 1.165) is 19.3 Å². The van der Waals surface area contributed by atoms with Gasteiger partial charge in [-0.15, -0.1) is 0 Å². The molecule has 0 saturated carbocycles. The maximum atomic E-state index is 9.96. The zero-order chi connectivity index (χ0) is 22.6. The second-order valence-corrected chi connectivity index (χ2v) is 9.14. The van der Waals surface area contributed by atoms with E-state index < -0.39 is 24.4 Å². The Balaban J connectivity index is 1.77. The Hall–Kier alpha value is -0.460. The van der Waals surface area contributed by atoms with Crippen molar-refractivity contribution in [3.05, 3.63) is 12.2 Å². The molecule has 0 aliphatic carbocycles. The van der Waals surface area contributed by atoms with Crippen LogP contribution in [0.1, 0.15) is 110 Å². The highest BCUT2D eigenvalue weighted by atomic mass is 16.5. The number of rotatable bonds is 21. The molecule has 0 bridgehead atoms. The average Bonchev–Trinajstić information content (AvgIpc) is 3.10. The third-order valence-electron chi connectivity index (χ3n) is 6.16. The molecule has 5 heteroatoms. The van der Waals surface area contributed by atoms with Gasteiger partial charge in [0.15, 0.2) is 0 Å². The zero-order valence-corrected chi connectivity index (χ0v) is 20.1. The first-order valence-corrected chi connectivity index (χ1v) is 13.0. The lowest BCUT2D eigenvalue weighted by Gasteiger charge is -2.20.